The second-order valence-corrected chi connectivity index (χ2v) is 5.23. The van der Waals surface area contributed by atoms with Gasteiger partial charge in [-0.2, -0.15) is 0 Å². The quantitative estimate of drug-likeness (QED) is 0.717. The summed E-state index contributed by atoms with van der Waals surface area (Å²) in [5.74, 6) is 0.174. The van der Waals surface area contributed by atoms with Crippen molar-refractivity contribution in [3.63, 3.8) is 0 Å². The van der Waals surface area contributed by atoms with E-state index >= 15 is 0 Å². The third kappa shape index (κ3) is 4.50. The Morgan fingerprint density at radius 2 is 1.65 bits per heavy atom. The van der Waals surface area contributed by atoms with Crippen LogP contribution in [0.2, 0.25) is 0 Å². The summed E-state index contributed by atoms with van der Waals surface area (Å²) in [4.78, 5) is 26.0. The minimum Gasteiger partial charge on any atom is -0.426 e. The second kappa shape index (κ2) is 5.21. The molecule has 17 heavy (non-hydrogen) atoms. The predicted octanol–water partition coefficient (Wildman–Crippen LogP) is 1.54. The summed E-state index contributed by atoms with van der Waals surface area (Å²) in [6.07, 6.45) is 0. The zero-order chi connectivity index (χ0) is 13.2. The Labute approximate surface area is 98.2 Å². The highest BCUT2D eigenvalue weighted by atomic mass is 31.2. The molecule has 0 aliphatic heterocycles. The molecule has 0 aliphatic rings. The van der Waals surface area contributed by atoms with Crippen molar-refractivity contribution in [3.8, 4) is 11.5 Å². The molecule has 0 fully saturated rings. The Morgan fingerprint density at radius 3 is 2.12 bits per heavy atom. The summed E-state index contributed by atoms with van der Waals surface area (Å²) >= 11 is 0. The zero-order valence-electron chi connectivity index (χ0n) is 9.08. The largest absolute Gasteiger partial charge is 0.524 e. The summed E-state index contributed by atoms with van der Waals surface area (Å²) in [7, 11) is -7.74. The molecule has 0 bridgehead atoms. The lowest BCUT2D eigenvalue weighted by Gasteiger charge is -2.13. The van der Waals surface area contributed by atoms with Crippen LogP contribution in [0.5, 0.6) is 11.5 Å². The summed E-state index contributed by atoms with van der Waals surface area (Å²) < 4.78 is 30.4. The molecule has 0 heterocycles. The standard InChI is InChI=1S/C8H12O7P2/c1-5-4-8(15-17(11,12)13)6(2)3-7(5)14-16(9)10/h3-4,16H,1-2H3,(H,9,10)(H2,11,12,13). The molecule has 1 unspecified atom stereocenters. The maximum atomic E-state index is 10.7. The van der Waals surface area contributed by atoms with Crippen LogP contribution in [0.1, 0.15) is 11.1 Å². The SMILES string of the molecule is Cc1cc(OP(=O)(O)O)c(C)cc1O[PH](=O)O. The average molecular weight is 282 g/mol. The molecule has 7 nitrogen and oxygen atoms in total. The molecule has 1 atom stereocenters. The summed E-state index contributed by atoms with van der Waals surface area (Å²) in [5, 5.41) is 0. The first-order chi connectivity index (χ1) is 7.69. The third-order valence-electron chi connectivity index (χ3n) is 1.89. The van der Waals surface area contributed by atoms with E-state index in [-0.39, 0.29) is 11.5 Å². The van der Waals surface area contributed by atoms with E-state index in [4.69, 9.17) is 14.7 Å². The molecule has 0 amide bonds. The number of hydrogen-bond acceptors (Lipinski definition) is 4. The Morgan fingerprint density at radius 1 is 1.18 bits per heavy atom. The van der Waals surface area contributed by atoms with Crippen LogP contribution >= 0.6 is 16.1 Å². The van der Waals surface area contributed by atoms with Crippen molar-refractivity contribution in [1.29, 1.82) is 0 Å². The van der Waals surface area contributed by atoms with Crippen LogP contribution < -0.4 is 9.05 Å². The lowest BCUT2D eigenvalue weighted by molar-refractivity contribution is 0.282. The molecule has 9 heteroatoms. The first kappa shape index (κ1) is 14.2. The van der Waals surface area contributed by atoms with Crippen molar-refractivity contribution in [1.82, 2.24) is 0 Å². The predicted molar refractivity (Wildman–Crippen MR) is 60.4 cm³/mol. The molecule has 0 saturated carbocycles. The fourth-order valence-corrected chi connectivity index (χ4v) is 2.05. The van der Waals surface area contributed by atoms with Crippen molar-refractivity contribution < 1.29 is 32.9 Å². The van der Waals surface area contributed by atoms with Gasteiger partial charge < -0.3 is 13.9 Å². The van der Waals surface area contributed by atoms with E-state index in [0.717, 1.165) is 0 Å². The second-order valence-electron chi connectivity index (χ2n) is 3.33. The van der Waals surface area contributed by atoms with E-state index in [1.54, 1.807) is 6.92 Å². The van der Waals surface area contributed by atoms with Gasteiger partial charge in [0.05, 0.1) is 0 Å². The summed E-state index contributed by atoms with van der Waals surface area (Å²) in [5.41, 5.74) is 0.823. The van der Waals surface area contributed by atoms with Gasteiger partial charge in [-0.25, -0.2) is 9.13 Å². The van der Waals surface area contributed by atoms with Crippen LogP contribution in [-0.2, 0) is 9.13 Å². The van der Waals surface area contributed by atoms with Crippen molar-refractivity contribution >= 4 is 16.1 Å². The van der Waals surface area contributed by atoms with Gasteiger partial charge in [-0.1, -0.05) is 0 Å². The van der Waals surface area contributed by atoms with Gasteiger partial charge >= 0.3 is 16.1 Å². The average Bonchev–Trinajstić information content (AvgIpc) is 2.10. The van der Waals surface area contributed by atoms with Crippen LogP contribution in [0.15, 0.2) is 12.1 Å². The van der Waals surface area contributed by atoms with Crippen molar-refractivity contribution in [2.45, 2.75) is 13.8 Å². The fourth-order valence-electron chi connectivity index (χ4n) is 1.19. The third-order valence-corrected chi connectivity index (χ3v) is 2.72. The number of benzene rings is 1. The lowest BCUT2D eigenvalue weighted by Crippen LogP contribution is -1.95. The van der Waals surface area contributed by atoms with E-state index in [0.29, 0.717) is 11.1 Å². The van der Waals surface area contributed by atoms with E-state index in [1.807, 2.05) is 0 Å². The minimum atomic E-state index is -4.62. The molecule has 0 aromatic heterocycles. The number of hydrogen-bond donors (Lipinski definition) is 3. The topological polar surface area (TPSA) is 113 Å². The van der Waals surface area contributed by atoms with Gasteiger partial charge in [0, 0.05) is 0 Å². The van der Waals surface area contributed by atoms with E-state index in [2.05, 4.69) is 9.05 Å². The summed E-state index contributed by atoms with van der Waals surface area (Å²) in [6.45, 7) is 3.10. The van der Waals surface area contributed by atoms with Gasteiger partial charge in [0.1, 0.15) is 11.5 Å². The van der Waals surface area contributed by atoms with Crippen molar-refractivity contribution in [2.75, 3.05) is 0 Å². The Kier molecular flexibility index (Phi) is 4.36. The molecular weight excluding hydrogens is 270 g/mol. The molecule has 1 rings (SSSR count). The van der Waals surface area contributed by atoms with Gasteiger partial charge in [0.2, 0.25) is 0 Å². The maximum absolute atomic E-state index is 10.7. The monoisotopic (exact) mass is 282 g/mol. The van der Waals surface area contributed by atoms with Gasteiger partial charge in [-0.3, -0.25) is 9.79 Å². The smallest absolute Gasteiger partial charge is 0.426 e. The normalized spacial score (nSPS) is 13.2. The zero-order valence-corrected chi connectivity index (χ0v) is 11.0. The fraction of sp³-hybridized carbons (Fsp3) is 0.250. The van der Waals surface area contributed by atoms with Gasteiger partial charge in [0.25, 0.3) is 0 Å². The number of phosphoric ester groups is 1. The summed E-state index contributed by atoms with van der Waals surface area (Å²) in [6, 6.07) is 2.70. The van der Waals surface area contributed by atoms with Crippen LogP contribution in [0, 0.1) is 13.8 Å². The Balaban J connectivity index is 3.09. The molecular formula is C8H12O7P2. The molecule has 1 aromatic carbocycles. The highest BCUT2D eigenvalue weighted by Crippen LogP contribution is 2.41. The van der Waals surface area contributed by atoms with Gasteiger partial charge in [0.15, 0.2) is 0 Å². The first-order valence-corrected chi connectivity index (χ1v) is 7.25. The van der Waals surface area contributed by atoms with Crippen LogP contribution in [0.3, 0.4) is 0 Å². The molecule has 1 aromatic rings. The highest BCUT2D eigenvalue weighted by molar-refractivity contribution is 7.46. The molecule has 3 N–H and O–H groups in total. The van der Waals surface area contributed by atoms with E-state index in [9.17, 15) is 9.13 Å². The van der Waals surface area contributed by atoms with Gasteiger partial charge in [-0.05, 0) is 37.1 Å². The van der Waals surface area contributed by atoms with Crippen LogP contribution in [0.4, 0.5) is 0 Å². The van der Waals surface area contributed by atoms with Crippen LogP contribution in [-0.4, -0.2) is 14.7 Å². The number of phosphoric acid groups is 1. The van der Waals surface area contributed by atoms with Crippen molar-refractivity contribution in [2.24, 2.45) is 0 Å². The van der Waals surface area contributed by atoms with Crippen LogP contribution in [0.25, 0.3) is 0 Å². The molecule has 0 aliphatic carbocycles. The number of rotatable bonds is 4. The Hall–Kier alpha value is -0.840. The molecule has 0 spiro atoms. The molecule has 96 valence electrons. The molecule has 0 saturated heterocycles. The van der Waals surface area contributed by atoms with E-state index in [1.165, 1.54) is 19.1 Å². The minimum absolute atomic E-state index is 0.000735. The molecule has 0 radical (unpaired) electrons. The van der Waals surface area contributed by atoms with Gasteiger partial charge in [-0.15, -0.1) is 0 Å². The maximum Gasteiger partial charge on any atom is 0.524 e. The number of aryl methyl sites for hydroxylation is 2. The highest BCUT2D eigenvalue weighted by Gasteiger charge is 2.18. The first-order valence-electron chi connectivity index (χ1n) is 4.46. The van der Waals surface area contributed by atoms with Crippen molar-refractivity contribution in [3.05, 3.63) is 23.3 Å². The lowest BCUT2D eigenvalue weighted by atomic mass is 10.1. The Bertz CT molecular complexity index is 493. The van der Waals surface area contributed by atoms with E-state index < -0.39 is 16.1 Å².